The molecule has 4 aromatic rings. The highest BCUT2D eigenvalue weighted by Crippen LogP contribution is 2.33. The highest BCUT2D eigenvalue weighted by molar-refractivity contribution is 7.92. The van der Waals surface area contributed by atoms with Crippen LogP contribution in [0.25, 0.3) is 0 Å². The number of anilines is 1. The van der Waals surface area contributed by atoms with Gasteiger partial charge in [-0.3, -0.25) is 9.10 Å². The van der Waals surface area contributed by atoms with Crippen LogP contribution in [0.1, 0.15) is 51.5 Å². The number of hydrogen-bond donors (Lipinski definition) is 1. The molecule has 5 nitrogen and oxygen atoms in total. The van der Waals surface area contributed by atoms with Crippen molar-refractivity contribution in [3.8, 4) is 0 Å². The van der Waals surface area contributed by atoms with Crippen molar-refractivity contribution in [1.82, 2.24) is 5.32 Å². The second kappa shape index (κ2) is 11.0. The molecule has 1 atom stereocenters. The lowest BCUT2D eigenvalue weighted by Crippen LogP contribution is -2.35. The fourth-order valence-electron chi connectivity index (χ4n) is 4.92. The Balaban J connectivity index is 1.54. The summed E-state index contributed by atoms with van der Waals surface area (Å²) in [6.07, 6.45) is 2.80. The minimum absolute atomic E-state index is 0.0456. The molecule has 1 aliphatic rings. The summed E-state index contributed by atoms with van der Waals surface area (Å²) in [6.45, 7) is 1.95. The highest BCUT2D eigenvalue weighted by Gasteiger charge is 2.30. The Morgan fingerprint density at radius 1 is 0.921 bits per heavy atom. The summed E-state index contributed by atoms with van der Waals surface area (Å²) >= 11 is 6.08. The molecule has 1 aliphatic carbocycles. The van der Waals surface area contributed by atoms with Gasteiger partial charge in [0.15, 0.2) is 0 Å². The van der Waals surface area contributed by atoms with E-state index in [1.807, 2.05) is 19.1 Å². The normalized spacial score (nSPS) is 14.9. The lowest BCUT2D eigenvalue weighted by atomic mass is 9.87. The predicted octanol–water partition coefficient (Wildman–Crippen LogP) is 6.85. The summed E-state index contributed by atoms with van der Waals surface area (Å²) in [5.74, 6) is -0.303. The van der Waals surface area contributed by atoms with Crippen LogP contribution in [0.4, 0.5) is 5.69 Å². The van der Waals surface area contributed by atoms with E-state index in [9.17, 15) is 13.2 Å². The first-order chi connectivity index (χ1) is 18.3. The van der Waals surface area contributed by atoms with Gasteiger partial charge in [0.1, 0.15) is 0 Å². The number of benzene rings is 4. The van der Waals surface area contributed by atoms with Crippen LogP contribution in [0.3, 0.4) is 0 Å². The summed E-state index contributed by atoms with van der Waals surface area (Å²) in [6, 6.07) is 28.7. The molecule has 1 N–H and O–H groups in total. The van der Waals surface area contributed by atoms with Gasteiger partial charge in [0.05, 0.1) is 28.7 Å². The van der Waals surface area contributed by atoms with Crippen molar-refractivity contribution < 1.29 is 13.2 Å². The molecule has 0 aliphatic heterocycles. The minimum Gasteiger partial charge on any atom is -0.345 e. The first-order valence-corrected chi connectivity index (χ1v) is 14.5. The van der Waals surface area contributed by atoms with Gasteiger partial charge < -0.3 is 5.32 Å². The Labute approximate surface area is 229 Å². The SMILES string of the molecule is Cc1ccc(S(=O)(=O)N(Cc2ccc(Cl)cc2)c2ccccc2C(=O)N[C@H]2CCCc3ccccc32)cc1. The van der Waals surface area contributed by atoms with Crippen LogP contribution in [0.15, 0.2) is 102 Å². The van der Waals surface area contributed by atoms with Crippen molar-refractivity contribution in [3.63, 3.8) is 0 Å². The van der Waals surface area contributed by atoms with Gasteiger partial charge in [-0.05, 0) is 79.3 Å². The van der Waals surface area contributed by atoms with Gasteiger partial charge in [-0.1, -0.05) is 77.8 Å². The molecule has 4 aromatic carbocycles. The van der Waals surface area contributed by atoms with Gasteiger partial charge in [0.2, 0.25) is 0 Å². The van der Waals surface area contributed by atoms with Crippen LogP contribution >= 0.6 is 11.6 Å². The predicted molar refractivity (Wildman–Crippen MR) is 152 cm³/mol. The number of amides is 1. The fourth-order valence-corrected chi connectivity index (χ4v) is 6.51. The van der Waals surface area contributed by atoms with E-state index in [0.29, 0.717) is 16.3 Å². The Bertz CT molecular complexity index is 1550. The number of halogens is 1. The molecule has 0 saturated heterocycles. The maximum absolute atomic E-state index is 14.0. The molecule has 7 heteroatoms. The van der Waals surface area contributed by atoms with Crippen molar-refractivity contribution in [2.45, 2.75) is 43.7 Å². The number of nitrogens with zero attached hydrogens (tertiary/aromatic N) is 1. The largest absolute Gasteiger partial charge is 0.345 e. The number of nitrogens with one attached hydrogen (secondary N) is 1. The third-order valence-corrected chi connectivity index (χ3v) is 8.97. The van der Waals surface area contributed by atoms with Gasteiger partial charge in [0.25, 0.3) is 15.9 Å². The first kappa shape index (κ1) is 26.0. The van der Waals surface area contributed by atoms with Crippen LogP contribution < -0.4 is 9.62 Å². The van der Waals surface area contributed by atoms with E-state index in [0.717, 1.165) is 36.0 Å². The monoisotopic (exact) mass is 544 g/mol. The Hall–Kier alpha value is -3.61. The number of para-hydroxylation sites is 1. The van der Waals surface area contributed by atoms with Crippen LogP contribution in [-0.4, -0.2) is 14.3 Å². The lowest BCUT2D eigenvalue weighted by molar-refractivity contribution is 0.0933. The number of fused-ring (bicyclic) bond motifs is 1. The second-order valence-corrected chi connectivity index (χ2v) is 11.9. The fraction of sp³-hybridized carbons (Fsp3) is 0.194. The first-order valence-electron chi connectivity index (χ1n) is 12.6. The molecular formula is C31H29ClN2O3S. The van der Waals surface area contributed by atoms with E-state index >= 15 is 0 Å². The maximum Gasteiger partial charge on any atom is 0.264 e. The van der Waals surface area contributed by atoms with Crippen molar-refractivity contribution in [2.24, 2.45) is 0 Å². The molecular weight excluding hydrogens is 516 g/mol. The number of hydrogen-bond acceptors (Lipinski definition) is 3. The molecule has 0 radical (unpaired) electrons. The van der Waals surface area contributed by atoms with Gasteiger partial charge in [0, 0.05) is 5.02 Å². The number of sulfonamides is 1. The molecule has 194 valence electrons. The van der Waals surface area contributed by atoms with Crippen LogP contribution in [0.5, 0.6) is 0 Å². The summed E-state index contributed by atoms with van der Waals surface area (Å²) in [5, 5.41) is 3.74. The number of carbonyl (C=O) groups excluding carboxylic acids is 1. The third kappa shape index (κ3) is 5.47. The molecule has 38 heavy (non-hydrogen) atoms. The molecule has 0 heterocycles. The van der Waals surface area contributed by atoms with E-state index in [2.05, 4.69) is 17.4 Å². The van der Waals surface area contributed by atoms with Crippen molar-refractivity contribution >= 4 is 33.2 Å². The van der Waals surface area contributed by atoms with Crippen molar-refractivity contribution in [2.75, 3.05) is 4.31 Å². The zero-order chi connectivity index (χ0) is 26.7. The Kier molecular flexibility index (Phi) is 7.54. The molecule has 1 amide bonds. The summed E-state index contributed by atoms with van der Waals surface area (Å²) in [7, 11) is -4.00. The van der Waals surface area contributed by atoms with Gasteiger partial charge in [-0.2, -0.15) is 0 Å². The minimum atomic E-state index is -4.00. The molecule has 0 unspecified atom stereocenters. The van der Waals surface area contributed by atoms with Crippen LogP contribution in [-0.2, 0) is 23.0 Å². The molecule has 0 fully saturated rings. The summed E-state index contributed by atoms with van der Waals surface area (Å²) < 4.78 is 29.3. The van der Waals surface area contributed by atoms with E-state index in [1.165, 1.54) is 9.87 Å². The Morgan fingerprint density at radius 3 is 2.37 bits per heavy atom. The molecule has 0 bridgehead atoms. The highest BCUT2D eigenvalue weighted by atomic mass is 35.5. The topological polar surface area (TPSA) is 66.5 Å². The van der Waals surface area contributed by atoms with E-state index in [-0.39, 0.29) is 23.4 Å². The Morgan fingerprint density at radius 2 is 1.61 bits per heavy atom. The number of aryl methyl sites for hydroxylation is 2. The molecule has 0 spiro atoms. The average molecular weight is 545 g/mol. The van der Waals surface area contributed by atoms with Gasteiger partial charge in [-0.25, -0.2) is 8.42 Å². The van der Waals surface area contributed by atoms with E-state index in [4.69, 9.17) is 11.6 Å². The molecule has 5 rings (SSSR count). The quantitative estimate of drug-likeness (QED) is 0.276. The van der Waals surface area contributed by atoms with Crippen molar-refractivity contribution in [1.29, 1.82) is 0 Å². The molecule has 0 aromatic heterocycles. The van der Waals surface area contributed by atoms with E-state index < -0.39 is 10.0 Å². The smallest absolute Gasteiger partial charge is 0.264 e. The van der Waals surface area contributed by atoms with Crippen molar-refractivity contribution in [3.05, 3.63) is 130 Å². The maximum atomic E-state index is 14.0. The molecule has 0 saturated carbocycles. The zero-order valence-electron chi connectivity index (χ0n) is 21.1. The number of rotatable bonds is 7. The summed E-state index contributed by atoms with van der Waals surface area (Å²) in [5.41, 5.74) is 4.70. The summed E-state index contributed by atoms with van der Waals surface area (Å²) in [4.78, 5) is 13.9. The average Bonchev–Trinajstić information content (AvgIpc) is 2.93. The van der Waals surface area contributed by atoms with Gasteiger partial charge in [-0.15, -0.1) is 0 Å². The van der Waals surface area contributed by atoms with Crippen LogP contribution in [0.2, 0.25) is 5.02 Å². The number of carbonyl (C=O) groups is 1. The van der Waals surface area contributed by atoms with Gasteiger partial charge >= 0.3 is 0 Å². The third-order valence-electron chi connectivity index (χ3n) is 6.94. The van der Waals surface area contributed by atoms with E-state index in [1.54, 1.807) is 72.8 Å². The zero-order valence-corrected chi connectivity index (χ0v) is 22.7. The second-order valence-electron chi connectivity index (χ2n) is 9.59. The lowest BCUT2D eigenvalue weighted by Gasteiger charge is -2.29. The standard InChI is InChI=1S/C31H29ClN2O3S/c1-22-13-19-26(20-14-22)38(36,37)34(21-23-15-17-25(32)18-16-23)30-12-5-4-10-28(30)31(35)33-29-11-6-8-24-7-2-3-9-27(24)29/h2-5,7,9-10,12-20,29H,6,8,11,21H2,1H3,(H,33,35)/t29-/m0/s1. The van der Waals surface area contributed by atoms with Crippen LogP contribution in [0, 0.1) is 6.92 Å².